The fourth-order valence-electron chi connectivity index (χ4n) is 2.82. The summed E-state index contributed by atoms with van der Waals surface area (Å²) in [5.41, 5.74) is 0.972. The smallest absolute Gasteiger partial charge is 0.279 e. The third-order valence-electron chi connectivity index (χ3n) is 3.85. The molecule has 0 spiro atoms. The fraction of sp³-hybridized carbons (Fsp3) is 0.312. The summed E-state index contributed by atoms with van der Waals surface area (Å²) >= 11 is 7.74. The van der Waals surface area contributed by atoms with E-state index in [4.69, 9.17) is 11.6 Å². The molecule has 5 nitrogen and oxygen atoms in total. The van der Waals surface area contributed by atoms with Crippen LogP contribution in [-0.4, -0.2) is 21.2 Å². The molecule has 0 saturated heterocycles. The lowest BCUT2D eigenvalue weighted by Crippen LogP contribution is -2.33. The summed E-state index contributed by atoms with van der Waals surface area (Å²) in [6, 6.07) is 7.30. The van der Waals surface area contributed by atoms with Crippen molar-refractivity contribution in [3.8, 4) is 0 Å². The summed E-state index contributed by atoms with van der Waals surface area (Å²) in [4.78, 5) is 28.9. The van der Waals surface area contributed by atoms with E-state index in [1.165, 1.54) is 11.8 Å². The van der Waals surface area contributed by atoms with Crippen molar-refractivity contribution in [2.45, 2.75) is 24.4 Å². The summed E-state index contributed by atoms with van der Waals surface area (Å²) in [7, 11) is 1.80. The third kappa shape index (κ3) is 2.88. The van der Waals surface area contributed by atoms with Gasteiger partial charge in [0.2, 0.25) is 5.91 Å². The molecule has 120 valence electrons. The number of rotatable bonds is 3. The molecule has 2 heterocycles. The van der Waals surface area contributed by atoms with Gasteiger partial charge in [0.25, 0.3) is 5.56 Å². The number of hydrogen-bond donors (Lipinski definition) is 1. The number of carbonyl (C=O) groups excluding carboxylic acids is 1. The molecular weight excluding hydrogens is 334 g/mol. The van der Waals surface area contributed by atoms with Crippen LogP contribution in [0.25, 0.3) is 0 Å². The summed E-state index contributed by atoms with van der Waals surface area (Å²) in [6.45, 7) is 1.99. The quantitative estimate of drug-likeness (QED) is 0.683. The Kier molecular flexibility index (Phi) is 4.46. The van der Waals surface area contributed by atoms with E-state index in [-0.39, 0.29) is 23.8 Å². The first-order valence-electron chi connectivity index (χ1n) is 7.31. The van der Waals surface area contributed by atoms with Crippen LogP contribution < -0.4 is 10.9 Å². The number of nitrogens with one attached hydrogen (secondary N) is 1. The molecule has 1 unspecified atom stereocenters. The SMILES string of the molecule is CCSc1nc(=O)c2c(n1C)NC(=O)CC2c1ccccc1Cl. The molecule has 3 rings (SSSR count). The highest BCUT2D eigenvalue weighted by molar-refractivity contribution is 7.99. The Bertz CT molecular complexity index is 835. The van der Waals surface area contributed by atoms with Crippen LogP contribution in [-0.2, 0) is 11.8 Å². The van der Waals surface area contributed by atoms with Crippen LogP contribution in [0.2, 0.25) is 5.02 Å². The van der Waals surface area contributed by atoms with Crippen LogP contribution >= 0.6 is 23.4 Å². The number of fused-ring (bicyclic) bond motifs is 1. The van der Waals surface area contributed by atoms with Gasteiger partial charge in [-0.1, -0.05) is 48.5 Å². The lowest BCUT2D eigenvalue weighted by atomic mass is 9.87. The van der Waals surface area contributed by atoms with Gasteiger partial charge in [0.1, 0.15) is 5.82 Å². The third-order valence-corrected chi connectivity index (χ3v) is 5.11. The maximum Gasteiger partial charge on any atom is 0.279 e. The molecule has 0 aliphatic carbocycles. The van der Waals surface area contributed by atoms with Crippen molar-refractivity contribution in [2.75, 3.05) is 11.1 Å². The lowest BCUT2D eigenvalue weighted by molar-refractivity contribution is -0.116. The Balaban J connectivity index is 2.23. The largest absolute Gasteiger partial charge is 0.312 e. The molecule has 0 bridgehead atoms. The first kappa shape index (κ1) is 16.1. The first-order chi connectivity index (χ1) is 11.0. The van der Waals surface area contributed by atoms with Gasteiger partial charge in [0, 0.05) is 24.4 Å². The van der Waals surface area contributed by atoms with E-state index < -0.39 is 0 Å². The van der Waals surface area contributed by atoms with E-state index in [0.717, 1.165) is 11.3 Å². The average Bonchev–Trinajstić information content (AvgIpc) is 2.52. The number of thioether (sulfide) groups is 1. The minimum absolute atomic E-state index is 0.129. The molecular formula is C16H16ClN3O2S. The molecule has 0 fully saturated rings. The maximum absolute atomic E-state index is 12.6. The second kappa shape index (κ2) is 6.37. The molecule has 23 heavy (non-hydrogen) atoms. The van der Waals surface area contributed by atoms with Crippen LogP contribution in [0.5, 0.6) is 0 Å². The summed E-state index contributed by atoms with van der Waals surface area (Å²) in [5.74, 6) is 0.804. The Labute approximate surface area is 143 Å². The van der Waals surface area contributed by atoms with Gasteiger partial charge in [-0.05, 0) is 17.4 Å². The molecule has 1 N–H and O–H groups in total. The second-order valence-electron chi connectivity index (χ2n) is 5.28. The van der Waals surface area contributed by atoms with Gasteiger partial charge < -0.3 is 9.88 Å². The number of aromatic nitrogens is 2. The zero-order chi connectivity index (χ0) is 16.6. The normalized spacial score (nSPS) is 16.8. The highest BCUT2D eigenvalue weighted by Crippen LogP contribution is 2.38. The number of benzene rings is 1. The summed E-state index contributed by atoms with van der Waals surface area (Å²) < 4.78 is 1.77. The van der Waals surface area contributed by atoms with E-state index in [1.807, 2.05) is 25.1 Å². The molecule has 1 aromatic carbocycles. The van der Waals surface area contributed by atoms with Crippen molar-refractivity contribution in [3.63, 3.8) is 0 Å². The van der Waals surface area contributed by atoms with Gasteiger partial charge in [-0.2, -0.15) is 4.98 Å². The van der Waals surface area contributed by atoms with Crippen molar-refractivity contribution in [3.05, 3.63) is 50.8 Å². The number of halogens is 1. The molecule has 1 aromatic heterocycles. The van der Waals surface area contributed by atoms with Gasteiger partial charge in [-0.25, -0.2) is 0 Å². The summed E-state index contributed by atoms with van der Waals surface area (Å²) in [5, 5.41) is 3.96. The Hall–Kier alpha value is -1.79. The first-order valence-corrected chi connectivity index (χ1v) is 8.67. The topological polar surface area (TPSA) is 64.0 Å². The lowest BCUT2D eigenvalue weighted by Gasteiger charge is -2.27. The highest BCUT2D eigenvalue weighted by atomic mass is 35.5. The number of nitrogens with zero attached hydrogens (tertiary/aromatic N) is 2. The molecule has 0 radical (unpaired) electrons. The van der Waals surface area contributed by atoms with E-state index >= 15 is 0 Å². The van der Waals surface area contributed by atoms with Crippen molar-refractivity contribution in [1.82, 2.24) is 9.55 Å². The van der Waals surface area contributed by atoms with Crippen molar-refractivity contribution < 1.29 is 4.79 Å². The average molecular weight is 350 g/mol. The predicted molar refractivity (Wildman–Crippen MR) is 92.4 cm³/mol. The molecule has 2 aromatic rings. The standard InChI is InChI=1S/C16H16ClN3O2S/c1-3-23-16-19-15(22)13-10(9-6-4-5-7-11(9)17)8-12(21)18-14(13)20(16)2/h4-7,10H,3,8H2,1-2H3,(H,18,21). The number of amides is 1. The zero-order valence-electron chi connectivity index (χ0n) is 12.8. The zero-order valence-corrected chi connectivity index (χ0v) is 14.4. The van der Waals surface area contributed by atoms with E-state index in [0.29, 0.717) is 21.6 Å². The molecule has 1 aliphatic rings. The second-order valence-corrected chi connectivity index (χ2v) is 6.92. The van der Waals surface area contributed by atoms with Crippen molar-refractivity contribution in [2.24, 2.45) is 7.05 Å². The molecule has 1 atom stereocenters. The van der Waals surface area contributed by atoms with Gasteiger partial charge >= 0.3 is 0 Å². The van der Waals surface area contributed by atoms with Crippen LogP contribution in [0.1, 0.15) is 30.4 Å². The predicted octanol–water partition coefficient (Wildman–Crippen LogP) is 3.02. The van der Waals surface area contributed by atoms with Crippen LogP contribution in [0, 0.1) is 0 Å². The maximum atomic E-state index is 12.6. The van der Waals surface area contributed by atoms with Gasteiger partial charge in [0.15, 0.2) is 5.16 Å². The molecule has 1 amide bonds. The van der Waals surface area contributed by atoms with Crippen LogP contribution in [0.15, 0.2) is 34.2 Å². The van der Waals surface area contributed by atoms with Gasteiger partial charge in [-0.15, -0.1) is 0 Å². The Morgan fingerprint density at radius 2 is 2.13 bits per heavy atom. The van der Waals surface area contributed by atoms with Crippen molar-refractivity contribution in [1.29, 1.82) is 0 Å². The van der Waals surface area contributed by atoms with Crippen molar-refractivity contribution >= 4 is 35.1 Å². The Morgan fingerprint density at radius 3 is 2.83 bits per heavy atom. The Morgan fingerprint density at radius 1 is 1.39 bits per heavy atom. The van der Waals surface area contributed by atoms with Gasteiger partial charge in [0.05, 0.1) is 5.56 Å². The van der Waals surface area contributed by atoms with E-state index in [9.17, 15) is 9.59 Å². The minimum Gasteiger partial charge on any atom is -0.312 e. The van der Waals surface area contributed by atoms with Crippen LogP contribution in [0.4, 0.5) is 5.82 Å². The van der Waals surface area contributed by atoms with Gasteiger partial charge in [-0.3, -0.25) is 9.59 Å². The molecule has 7 heteroatoms. The molecule has 1 aliphatic heterocycles. The number of carbonyl (C=O) groups is 1. The number of anilines is 1. The van der Waals surface area contributed by atoms with E-state index in [1.54, 1.807) is 17.7 Å². The van der Waals surface area contributed by atoms with E-state index in [2.05, 4.69) is 10.3 Å². The fourth-order valence-corrected chi connectivity index (χ4v) is 3.77. The monoisotopic (exact) mass is 349 g/mol. The minimum atomic E-state index is -0.376. The number of hydrogen-bond acceptors (Lipinski definition) is 4. The molecule has 0 saturated carbocycles. The van der Waals surface area contributed by atoms with Crippen LogP contribution in [0.3, 0.4) is 0 Å². The summed E-state index contributed by atoms with van der Waals surface area (Å²) in [6.07, 6.45) is 0.188. The highest BCUT2D eigenvalue weighted by Gasteiger charge is 2.32.